The first kappa shape index (κ1) is 20.2. The molecular formula is C13H27N2O5P. The average molecular weight is 322 g/mol. The van der Waals surface area contributed by atoms with E-state index in [1.807, 2.05) is 0 Å². The first-order valence-corrected chi connectivity index (χ1v) is 8.40. The molecule has 0 fully saturated rings. The molecule has 0 aliphatic rings. The Kier molecular flexibility index (Phi) is 6.76. The van der Waals surface area contributed by atoms with Crippen LogP contribution in [0.4, 0.5) is 0 Å². The smallest absolute Gasteiger partial charge is 0.331 e. The van der Waals surface area contributed by atoms with Gasteiger partial charge in [0.25, 0.3) is 0 Å². The lowest BCUT2D eigenvalue weighted by molar-refractivity contribution is -0.130. The molecule has 0 aliphatic carbocycles. The predicted molar refractivity (Wildman–Crippen MR) is 80.7 cm³/mol. The van der Waals surface area contributed by atoms with E-state index < -0.39 is 24.2 Å². The molecule has 0 aromatic carbocycles. The van der Waals surface area contributed by atoms with Gasteiger partial charge in [0, 0.05) is 12.0 Å². The van der Waals surface area contributed by atoms with Crippen LogP contribution in [0.15, 0.2) is 0 Å². The van der Waals surface area contributed by atoms with Gasteiger partial charge in [0.1, 0.15) is 6.29 Å². The number of nitrogens with one attached hydrogen (secondary N) is 1. The van der Waals surface area contributed by atoms with Crippen molar-refractivity contribution < 1.29 is 23.9 Å². The van der Waals surface area contributed by atoms with Gasteiger partial charge in [-0.15, -0.1) is 0 Å². The highest BCUT2D eigenvalue weighted by molar-refractivity contribution is 7.53. The second-order valence-corrected chi connectivity index (χ2v) is 9.12. The lowest BCUT2D eigenvalue weighted by Crippen LogP contribution is -2.45. The van der Waals surface area contributed by atoms with E-state index in [0.717, 1.165) is 0 Å². The zero-order chi connectivity index (χ0) is 17.1. The van der Waals surface area contributed by atoms with Gasteiger partial charge < -0.3 is 25.6 Å². The van der Waals surface area contributed by atoms with Crippen LogP contribution in [0.5, 0.6) is 0 Å². The van der Waals surface area contributed by atoms with E-state index in [1.54, 1.807) is 20.8 Å². The minimum Gasteiger partial charge on any atom is -0.355 e. The first-order chi connectivity index (χ1) is 9.24. The fraction of sp³-hybridized carbons (Fsp3) is 0.846. The zero-order valence-corrected chi connectivity index (χ0v) is 14.2. The molecule has 1 amide bonds. The van der Waals surface area contributed by atoms with Gasteiger partial charge in [0.15, 0.2) is 0 Å². The van der Waals surface area contributed by atoms with Gasteiger partial charge in [0.2, 0.25) is 5.91 Å². The summed E-state index contributed by atoms with van der Waals surface area (Å²) in [5.41, 5.74) is 4.60. The number of hydrogen-bond donors (Lipinski definition) is 4. The Morgan fingerprint density at radius 3 is 2.19 bits per heavy atom. The summed E-state index contributed by atoms with van der Waals surface area (Å²) in [6.45, 7) is 8.11. The van der Waals surface area contributed by atoms with Crippen LogP contribution >= 0.6 is 7.60 Å². The molecule has 0 saturated heterocycles. The summed E-state index contributed by atoms with van der Waals surface area (Å²) in [5, 5.41) is 1.39. The van der Waals surface area contributed by atoms with Gasteiger partial charge in [-0.25, -0.2) is 0 Å². The highest BCUT2D eigenvalue weighted by Crippen LogP contribution is 2.54. The van der Waals surface area contributed by atoms with Crippen LogP contribution in [0, 0.1) is 11.3 Å². The molecule has 0 radical (unpaired) electrons. The van der Waals surface area contributed by atoms with Crippen molar-refractivity contribution in [2.75, 3.05) is 6.54 Å². The Bertz CT molecular complexity index is 430. The molecule has 124 valence electrons. The standard InChI is InChI=1S/C13H27N2O5P/c1-9(10(14)7-16)6-15-11(17)12(2,3)8-13(4,5)21(18,19)20/h7,9-10H,6,8,14H2,1-5H3,(H,15,17)(H2,18,19,20). The fourth-order valence-electron chi connectivity index (χ4n) is 2.03. The highest BCUT2D eigenvalue weighted by Gasteiger charge is 2.44. The maximum atomic E-state index is 12.2. The second kappa shape index (κ2) is 7.01. The molecule has 0 aromatic rings. The summed E-state index contributed by atoms with van der Waals surface area (Å²) >= 11 is 0. The van der Waals surface area contributed by atoms with Crippen molar-refractivity contribution in [2.24, 2.45) is 17.1 Å². The third kappa shape index (κ3) is 5.87. The normalized spacial score (nSPS) is 16.2. The number of carbonyl (C=O) groups is 2. The van der Waals surface area contributed by atoms with Gasteiger partial charge >= 0.3 is 7.60 Å². The van der Waals surface area contributed by atoms with Gasteiger partial charge in [-0.1, -0.05) is 20.8 Å². The topological polar surface area (TPSA) is 130 Å². The third-order valence-electron chi connectivity index (χ3n) is 3.68. The van der Waals surface area contributed by atoms with Crippen LogP contribution in [0.3, 0.4) is 0 Å². The van der Waals surface area contributed by atoms with Gasteiger partial charge in [-0.2, -0.15) is 0 Å². The lowest BCUT2D eigenvalue weighted by atomic mass is 9.82. The molecule has 0 heterocycles. The summed E-state index contributed by atoms with van der Waals surface area (Å²) in [7, 11) is -4.31. The molecule has 21 heavy (non-hydrogen) atoms. The van der Waals surface area contributed by atoms with E-state index in [-0.39, 0.29) is 24.8 Å². The summed E-state index contributed by atoms with van der Waals surface area (Å²) in [5.74, 6) is -0.536. The number of aldehydes is 1. The third-order valence-corrected chi connectivity index (χ3v) is 5.41. The molecule has 0 aromatic heterocycles. The minimum absolute atomic E-state index is 0.0320. The van der Waals surface area contributed by atoms with E-state index in [9.17, 15) is 23.9 Å². The van der Waals surface area contributed by atoms with Crippen LogP contribution in [0.2, 0.25) is 0 Å². The molecule has 2 atom stereocenters. The van der Waals surface area contributed by atoms with E-state index >= 15 is 0 Å². The van der Waals surface area contributed by atoms with Gasteiger partial charge in [0.05, 0.1) is 11.2 Å². The van der Waals surface area contributed by atoms with Crippen LogP contribution in [0.1, 0.15) is 41.0 Å². The Morgan fingerprint density at radius 1 is 1.33 bits per heavy atom. The Balaban J connectivity index is 4.75. The van der Waals surface area contributed by atoms with Gasteiger partial charge in [-0.3, -0.25) is 9.36 Å². The number of hydrogen-bond acceptors (Lipinski definition) is 4. The summed E-state index contributed by atoms with van der Waals surface area (Å²) < 4.78 is 11.5. The number of carbonyl (C=O) groups excluding carboxylic acids is 2. The number of amides is 1. The summed E-state index contributed by atoms with van der Waals surface area (Å²) in [6, 6.07) is -0.653. The second-order valence-electron chi connectivity index (χ2n) is 6.82. The van der Waals surface area contributed by atoms with E-state index in [0.29, 0.717) is 6.29 Å². The lowest BCUT2D eigenvalue weighted by Gasteiger charge is -2.34. The monoisotopic (exact) mass is 322 g/mol. The highest BCUT2D eigenvalue weighted by atomic mass is 31.2. The quantitative estimate of drug-likeness (QED) is 0.383. The minimum atomic E-state index is -4.31. The molecule has 8 heteroatoms. The van der Waals surface area contributed by atoms with Gasteiger partial charge in [-0.05, 0) is 26.2 Å². The van der Waals surface area contributed by atoms with Crippen LogP contribution in [-0.4, -0.2) is 39.7 Å². The van der Waals surface area contributed by atoms with Crippen molar-refractivity contribution in [1.82, 2.24) is 5.32 Å². The van der Waals surface area contributed by atoms with Crippen LogP contribution in [-0.2, 0) is 14.2 Å². The van der Waals surface area contributed by atoms with Crippen molar-refractivity contribution in [1.29, 1.82) is 0 Å². The Morgan fingerprint density at radius 2 is 1.81 bits per heavy atom. The molecule has 7 nitrogen and oxygen atoms in total. The molecule has 0 spiro atoms. The number of rotatable bonds is 8. The number of nitrogens with two attached hydrogens (primary N) is 1. The van der Waals surface area contributed by atoms with E-state index in [1.165, 1.54) is 13.8 Å². The van der Waals surface area contributed by atoms with Crippen LogP contribution in [0.25, 0.3) is 0 Å². The van der Waals surface area contributed by atoms with Crippen LogP contribution < -0.4 is 11.1 Å². The molecule has 0 rings (SSSR count). The maximum absolute atomic E-state index is 12.2. The maximum Gasteiger partial charge on any atom is 0.331 e. The molecule has 0 aliphatic heterocycles. The zero-order valence-electron chi connectivity index (χ0n) is 13.3. The van der Waals surface area contributed by atoms with Crippen molar-refractivity contribution in [3.05, 3.63) is 0 Å². The molecule has 5 N–H and O–H groups in total. The first-order valence-electron chi connectivity index (χ1n) is 6.79. The fourth-order valence-corrected chi connectivity index (χ4v) is 2.63. The largest absolute Gasteiger partial charge is 0.355 e. The Hall–Kier alpha value is -0.750. The van der Waals surface area contributed by atoms with Crippen molar-refractivity contribution in [2.45, 2.75) is 52.2 Å². The van der Waals surface area contributed by atoms with E-state index in [4.69, 9.17) is 5.73 Å². The SMILES string of the molecule is CC(CNC(=O)C(C)(C)CC(C)(C)P(=O)(O)O)C(N)C=O. The predicted octanol–water partition coefficient (Wildman–Crippen LogP) is 0.637. The average Bonchev–Trinajstić information content (AvgIpc) is 2.31. The van der Waals surface area contributed by atoms with Crippen molar-refractivity contribution in [3.8, 4) is 0 Å². The van der Waals surface area contributed by atoms with Crippen molar-refractivity contribution in [3.63, 3.8) is 0 Å². The van der Waals surface area contributed by atoms with E-state index in [2.05, 4.69) is 5.32 Å². The summed E-state index contributed by atoms with van der Waals surface area (Å²) in [4.78, 5) is 41.4. The molecule has 0 saturated carbocycles. The van der Waals surface area contributed by atoms with Crippen molar-refractivity contribution >= 4 is 19.8 Å². The molecule has 0 bridgehead atoms. The molecule has 2 unspecified atom stereocenters. The Labute approximate surface area is 125 Å². The summed E-state index contributed by atoms with van der Waals surface area (Å²) in [6.07, 6.45) is 0.656. The molecular weight excluding hydrogens is 295 g/mol.